The number of aliphatic hydroxyl groups excluding tert-OH is 1. The normalized spacial score (nSPS) is 10.2. The summed E-state index contributed by atoms with van der Waals surface area (Å²) in [5.41, 5.74) is 0.957. The number of allylic oxidation sites excluding steroid dienone is 2. The number of carbonyl (C=O) groups is 1. The number of rotatable bonds is 2. The maximum Gasteiger partial charge on any atom is 0.155 e. The standard InChI is InChI=1S/C9H4Br2NS.C5H8O2.Pt/c10-6-1-2-7(12-5-6)8-3-4-9(11)13-8;1-4(6)3-5(2)7;/h1-2,4-5H;3,6H,1-2H3;/q-1;;/b;4-3-;. The summed E-state index contributed by atoms with van der Waals surface area (Å²) in [4.78, 5) is 15.3. The van der Waals surface area contributed by atoms with Crippen molar-refractivity contribution in [2.75, 3.05) is 0 Å². The second kappa shape index (κ2) is 10.4. The number of hydrogen-bond acceptors (Lipinski definition) is 4. The molecule has 0 aromatic carbocycles. The Morgan fingerprint density at radius 1 is 1.38 bits per heavy atom. The molecule has 0 spiro atoms. The van der Waals surface area contributed by atoms with Crippen molar-refractivity contribution in [3.8, 4) is 10.6 Å². The van der Waals surface area contributed by atoms with Crippen LogP contribution in [0.25, 0.3) is 10.6 Å². The van der Waals surface area contributed by atoms with E-state index in [1.54, 1.807) is 17.5 Å². The van der Waals surface area contributed by atoms with E-state index in [0.29, 0.717) is 0 Å². The van der Waals surface area contributed by atoms with Crippen LogP contribution in [0, 0.1) is 6.07 Å². The quantitative estimate of drug-likeness (QED) is 0.289. The molecule has 116 valence electrons. The van der Waals surface area contributed by atoms with Crippen LogP contribution >= 0.6 is 43.2 Å². The van der Waals surface area contributed by atoms with Gasteiger partial charge >= 0.3 is 0 Å². The molecule has 0 bridgehead atoms. The summed E-state index contributed by atoms with van der Waals surface area (Å²) >= 11 is 8.37. The third kappa shape index (κ3) is 8.66. The van der Waals surface area contributed by atoms with Crippen LogP contribution in [0.1, 0.15) is 13.8 Å². The average Bonchev–Trinajstić information content (AvgIpc) is 2.76. The average molecular weight is 613 g/mol. The summed E-state index contributed by atoms with van der Waals surface area (Å²) in [5, 5.41) is 8.36. The van der Waals surface area contributed by atoms with Crippen LogP contribution in [-0.2, 0) is 25.9 Å². The second-order valence-electron chi connectivity index (χ2n) is 3.78. The van der Waals surface area contributed by atoms with Gasteiger partial charge < -0.3 is 10.1 Å². The molecule has 0 radical (unpaired) electrons. The Morgan fingerprint density at radius 3 is 2.38 bits per heavy atom. The molecule has 3 nitrogen and oxygen atoms in total. The van der Waals surface area contributed by atoms with Crippen molar-refractivity contribution in [2.45, 2.75) is 13.8 Å². The molecule has 2 aromatic heterocycles. The molecule has 0 saturated heterocycles. The zero-order valence-electron chi connectivity index (χ0n) is 11.2. The molecule has 1 N–H and O–H groups in total. The fourth-order valence-corrected chi connectivity index (χ4v) is 2.70. The maximum atomic E-state index is 10.0. The van der Waals surface area contributed by atoms with Crippen LogP contribution in [0.5, 0.6) is 0 Å². The Balaban J connectivity index is 0.000000436. The van der Waals surface area contributed by atoms with Gasteiger partial charge in [0.2, 0.25) is 0 Å². The van der Waals surface area contributed by atoms with Crippen molar-refractivity contribution >= 4 is 49.0 Å². The summed E-state index contributed by atoms with van der Waals surface area (Å²) < 4.78 is 2.07. The van der Waals surface area contributed by atoms with Gasteiger partial charge in [-0.05, 0) is 39.3 Å². The Kier molecular flexibility index (Phi) is 10.3. The zero-order valence-corrected chi connectivity index (χ0v) is 17.4. The Bertz CT molecular complexity index is 608. The molecular weight excluding hydrogens is 601 g/mol. The first-order chi connectivity index (χ1) is 9.38. The molecule has 0 unspecified atom stereocenters. The topological polar surface area (TPSA) is 50.2 Å². The molecule has 2 aromatic rings. The predicted molar refractivity (Wildman–Crippen MR) is 88.9 cm³/mol. The third-order valence-electron chi connectivity index (χ3n) is 1.89. The molecule has 0 aliphatic rings. The predicted octanol–water partition coefficient (Wildman–Crippen LogP) is 5.17. The van der Waals surface area contributed by atoms with E-state index in [-0.39, 0.29) is 32.6 Å². The Hall–Kier alpha value is -0.292. The maximum absolute atomic E-state index is 10.0. The summed E-state index contributed by atoms with van der Waals surface area (Å²) in [5.74, 6) is -0.0625. The number of pyridine rings is 1. The van der Waals surface area contributed by atoms with Crippen molar-refractivity contribution in [1.29, 1.82) is 0 Å². The summed E-state index contributed by atoms with van der Waals surface area (Å²) in [6.45, 7) is 2.85. The first-order valence-corrected chi connectivity index (χ1v) is 7.95. The molecule has 2 rings (SSSR count). The number of nitrogens with zero attached hydrogens (tertiary/aromatic N) is 1. The van der Waals surface area contributed by atoms with Gasteiger partial charge in [0.25, 0.3) is 0 Å². The number of thiophene rings is 1. The van der Waals surface area contributed by atoms with Gasteiger partial charge in [0.15, 0.2) is 5.78 Å². The van der Waals surface area contributed by atoms with Gasteiger partial charge in [-0.2, -0.15) is 12.1 Å². The van der Waals surface area contributed by atoms with Crippen LogP contribution in [0.2, 0.25) is 0 Å². The molecule has 0 aliphatic carbocycles. The minimum Gasteiger partial charge on any atom is -0.512 e. The summed E-state index contributed by atoms with van der Waals surface area (Å²) in [7, 11) is 0. The van der Waals surface area contributed by atoms with Crippen LogP contribution in [0.3, 0.4) is 0 Å². The van der Waals surface area contributed by atoms with E-state index in [1.807, 2.05) is 18.2 Å². The van der Waals surface area contributed by atoms with E-state index in [1.165, 1.54) is 19.9 Å². The molecule has 0 atom stereocenters. The zero-order chi connectivity index (χ0) is 15.1. The van der Waals surface area contributed by atoms with Crippen molar-refractivity contribution in [3.05, 3.63) is 50.6 Å². The first-order valence-electron chi connectivity index (χ1n) is 5.55. The van der Waals surface area contributed by atoms with Crippen molar-refractivity contribution in [1.82, 2.24) is 4.98 Å². The van der Waals surface area contributed by atoms with E-state index >= 15 is 0 Å². The minimum absolute atomic E-state index is 0. The fourth-order valence-electron chi connectivity index (χ4n) is 1.21. The summed E-state index contributed by atoms with van der Waals surface area (Å²) in [6, 6.07) is 8.99. The second-order valence-corrected chi connectivity index (χ2v) is 7.13. The van der Waals surface area contributed by atoms with Crippen LogP contribution < -0.4 is 0 Å². The minimum atomic E-state index is -0.125. The van der Waals surface area contributed by atoms with Crippen molar-refractivity contribution < 1.29 is 31.0 Å². The van der Waals surface area contributed by atoms with Gasteiger partial charge in [-0.1, -0.05) is 17.0 Å². The Morgan fingerprint density at radius 2 is 2.05 bits per heavy atom. The molecule has 0 saturated carbocycles. The van der Waals surface area contributed by atoms with E-state index < -0.39 is 0 Å². The van der Waals surface area contributed by atoms with E-state index in [0.717, 1.165) is 18.8 Å². The Labute approximate surface area is 159 Å². The van der Waals surface area contributed by atoms with Gasteiger partial charge in [-0.3, -0.25) is 4.79 Å². The molecule has 0 amide bonds. The number of halogens is 2. The van der Waals surface area contributed by atoms with E-state index in [2.05, 4.69) is 42.9 Å². The van der Waals surface area contributed by atoms with Crippen molar-refractivity contribution in [2.24, 2.45) is 0 Å². The monoisotopic (exact) mass is 611 g/mol. The number of carbonyl (C=O) groups excluding carboxylic acids is 1. The van der Waals surface area contributed by atoms with Gasteiger partial charge in [-0.15, -0.1) is 15.9 Å². The van der Waals surface area contributed by atoms with E-state index in [4.69, 9.17) is 5.11 Å². The fraction of sp³-hybridized carbons (Fsp3) is 0.143. The van der Waals surface area contributed by atoms with Crippen molar-refractivity contribution in [3.63, 3.8) is 0 Å². The van der Waals surface area contributed by atoms with Gasteiger partial charge in [0, 0.05) is 37.8 Å². The first kappa shape index (κ1) is 20.7. The smallest absolute Gasteiger partial charge is 0.155 e. The van der Waals surface area contributed by atoms with Gasteiger partial charge in [0.05, 0.1) is 5.76 Å². The molecule has 21 heavy (non-hydrogen) atoms. The third-order valence-corrected chi connectivity index (χ3v) is 3.92. The largest absolute Gasteiger partial charge is 0.512 e. The molecular formula is C14H12Br2NO2PtS-. The summed E-state index contributed by atoms with van der Waals surface area (Å²) in [6.07, 6.45) is 2.96. The number of hydrogen-bond donors (Lipinski definition) is 1. The molecule has 0 fully saturated rings. The van der Waals surface area contributed by atoms with Crippen LogP contribution in [-0.4, -0.2) is 15.9 Å². The van der Waals surface area contributed by atoms with Crippen LogP contribution in [0.15, 0.2) is 44.5 Å². The van der Waals surface area contributed by atoms with Gasteiger partial charge in [0.1, 0.15) is 0 Å². The number of aliphatic hydroxyl groups is 1. The van der Waals surface area contributed by atoms with E-state index in [9.17, 15) is 4.79 Å². The number of aromatic nitrogens is 1. The molecule has 0 aliphatic heterocycles. The van der Waals surface area contributed by atoms with Crippen LogP contribution in [0.4, 0.5) is 0 Å². The molecule has 2 heterocycles. The molecule has 7 heteroatoms. The SMILES string of the molecule is Brc1ccc(-c2[c-]cc(Br)s2)nc1.CC(=O)/C=C(/C)O.[Pt]. The number of ketones is 1. The van der Waals surface area contributed by atoms with Gasteiger partial charge in [-0.25, -0.2) is 11.3 Å².